The van der Waals surface area contributed by atoms with Gasteiger partial charge in [0.05, 0.1) is 42.9 Å². The van der Waals surface area contributed by atoms with Crippen LogP contribution in [-0.2, 0) is 23.4 Å². The number of hydrogen-bond acceptors (Lipinski definition) is 18. The number of aryl methyl sites for hydroxylation is 3. The van der Waals surface area contributed by atoms with Crippen LogP contribution < -0.4 is 46.2 Å². The van der Waals surface area contributed by atoms with E-state index in [-0.39, 0.29) is 114 Å². The van der Waals surface area contributed by atoms with Crippen LogP contribution in [0.2, 0.25) is 0 Å². The normalized spacial score (nSPS) is 9.17. The van der Waals surface area contributed by atoms with Crippen LogP contribution in [0.1, 0.15) is 78.8 Å². The van der Waals surface area contributed by atoms with Gasteiger partial charge in [0, 0.05) is 111 Å². The largest absolute Gasteiger partial charge is 1.00 e. The van der Waals surface area contributed by atoms with E-state index in [2.05, 4.69) is 155 Å². The summed E-state index contributed by atoms with van der Waals surface area (Å²) in [6.45, 7) is 17.2. The summed E-state index contributed by atoms with van der Waals surface area (Å²) in [7, 11) is 1.00. The van der Waals surface area contributed by atoms with Gasteiger partial charge in [0.25, 0.3) is 16.7 Å². The van der Waals surface area contributed by atoms with Crippen molar-refractivity contribution >= 4 is 152 Å². The quantitative estimate of drug-likeness (QED) is 0.00874. The van der Waals surface area contributed by atoms with Crippen molar-refractivity contribution in [3.05, 3.63) is 220 Å². The number of aliphatic hydroxyl groups excluding tert-OH is 3. The molecule has 37 heteroatoms. The number of pyridine rings is 5. The molecule has 7 N–H and O–H groups in total. The van der Waals surface area contributed by atoms with Gasteiger partial charge in [0.2, 0.25) is 0 Å². The van der Waals surface area contributed by atoms with E-state index in [1.165, 1.54) is 104 Å². The van der Waals surface area contributed by atoms with Crippen molar-refractivity contribution in [2.75, 3.05) is 38.7 Å². The van der Waals surface area contributed by atoms with Crippen molar-refractivity contribution < 1.29 is 73.1 Å². The van der Waals surface area contributed by atoms with Gasteiger partial charge in [-0.25, -0.2) is 31.9 Å². The zero-order valence-corrected chi connectivity index (χ0v) is 65.2. The van der Waals surface area contributed by atoms with Gasteiger partial charge in [-0.05, 0) is 159 Å². The van der Waals surface area contributed by atoms with Crippen molar-refractivity contribution in [2.24, 2.45) is 0 Å². The van der Waals surface area contributed by atoms with Gasteiger partial charge in [-0.3, -0.25) is 49.1 Å². The second kappa shape index (κ2) is 65.1. The van der Waals surface area contributed by atoms with E-state index in [0.29, 0.717) is 55.2 Å². The minimum Gasteiger partial charge on any atom is -1.00 e. The zero-order valence-electron chi connectivity index (χ0n) is 52.2. The average molecular weight is 1690 g/mol. The van der Waals surface area contributed by atoms with Gasteiger partial charge >= 0.3 is 29.6 Å². The van der Waals surface area contributed by atoms with Gasteiger partial charge < -0.3 is 36.6 Å². The number of carbonyl (C=O) groups is 1. The van der Waals surface area contributed by atoms with Crippen molar-refractivity contribution in [1.29, 1.82) is 0 Å². The Kier molecular flexibility index (Phi) is 70.6. The van der Waals surface area contributed by atoms with Crippen LogP contribution in [0.3, 0.4) is 0 Å². The second-order valence-corrected chi connectivity index (χ2v) is 34.9. The molecule has 8 heterocycles. The Morgan fingerprint density at radius 3 is 1.15 bits per heavy atom. The summed E-state index contributed by atoms with van der Waals surface area (Å²) in [5.41, 5.74) is 4.69. The molecule has 0 aliphatic rings. The first-order valence-electron chi connectivity index (χ1n) is 25.3. The van der Waals surface area contributed by atoms with E-state index in [0.717, 1.165) is 60.3 Å². The zero-order chi connectivity index (χ0) is 68.1. The minimum absolute atomic E-state index is 0. The summed E-state index contributed by atoms with van der Waals surface area (Å²) in [5.74, 6) is -0.899. The molecule has 0 amide bonds. The van der Waals surface area contributed by atoms with E-state index >= 15 is 0 Å². The number of nitrogens with zero attached hydrogens (tertiary/aromatic N) is 8. The molecule has 0 atom stereocenters. The summed E-state index contributed by atoms with van der Waals surface area (Å²) in [6, 6.07) is 10.9. The molecule has 0 aliphatic heterocycles. The van der Waals surface area contributed by atoms with Crippen molar-refractivity contribution in [1.82, 2.24) is 59.7 Å². The summed E-state index contributed by atoms with van der Waals surface area (Å²) in [5, 5.41) is 24.9. The second-order valence-electron chi connectivity index (χ2n) is 15.9. The van der Waals surface area contributed by atoms with Gasteiger partial charge in [-0.2, -0.15) is 0 Å². The van der Waals surface area contributed by atoms with Crippen molar-refractivity contribution in [2.45, 2.75) is 82.2 Å². The fourth-order valence-electron chi connectivity index (χ4n) is 5.44. The molecule has 8 aromatic rings. The molecule has 0 fully saturated rings. The predicted octanol–water partition coefficient (Wildman–Crippen LogP) is 11.3. The number of nitrogens with one attached hydrogen (secondary N) is 4. The first-order valence-corrected chi connectivity index (χ1v) is 37.3. The number of rotatable bonds is 12. The first-order chi connectivity index (χ1) is 42.3. The third-order valence-electron chi connectivity index (χ3n) is 8.93. The molecule has 503 valence electrons. The Morgan fingerprint density at radius 1 is 0.587 bits per heavy atom. The van der Waals surface area contributed by atoms with Crippen LogP contribution in [0.25, 0.3) is 0 Å². The topological polar surface area (TPSA) is 286 Å². The molecule has 19 nitrogen and oxygen atoms in total. The average Bonchev–Trinajstić information content (AvgIpc) is 3.31. The van der Waals surface area contributed by atoms with Crippen LogP contribution in [0.5, 0.6) is 0 Å². The van der Waals surface area contributed by atoms with Crippen LogP contribution in [0, 0.1) is 54.6 Å². The Balaban J connectivity index is -0.000000183. The fourth-order valence-corrected chi connectivity index (χ4v) is 7.69. The monoisotopic (exact) mass is 1690 g/mol. The smallest absolute Gasteiger partial charge is 1.00 e. The molecule has 0 unspecified atom stereocenters. The van der Waals surface area contributed by atoms with Crippen LogP contribution >= 0.6 is 138 Å². The van der Waals surface area contributed by atoms with Gasteiger partial charge in [0.15, 0.2) is 21.4 Å². The number of H-pyrrole nitrogens is 4. The predicted molar refractivity (Wildman–Crippen MR) is 379 cm³/mol. The number of alkyl halides is 3. The van der Waals surface area contributed by atoms with E-state index in [9.17, 15) is 41.1 Å². The molecule has 92 heavy (non-hydrogen) atoms. The van der Waals surface area contributed by atoms with Crippen LogP contribution in [0.15, 0.2) is 135 Å². The maximum absolute atomic E-state index is 12.9. The standard InChI is InChI=1S/2C11H10FN3OS.C6H5BrFN.C6H6FNO.C6H4FNO.C6H15N.C5H6N2OS.C2H6O.CH2Cl2.CH4O.B.Br3P.ClH.Na.H/c2*1-7-2-10(16)15-11(14-7)17-6-8-3-9(12)5-13-4-8;7-2-5-1-6(8)4-9-3-5;2*7-6-1-5(4-9)2-8-3-6;1-4-7(5-2)6-3;1-3-2-4(8)7-5(9)6-3;1-2-3;2-1-3;1-2;;1-4(2)3;;;/h2*2-5H,6H2,1H3,(H,14,15,16);1,3-4H,2H2;1-3,9H,4H2;1-4H;4-6H2,1-3H3;2H,1H3,(H2,6,7,8,9);3H,2H2,1H3;1H2;2H,1H3;;;1H;;/q;;;;;;;;;;;;;+1;-1. The van der Waals surface area contributed by atoms with E-state index < -0.39 is 11.6 Å². The summed E-state index contributed by atoms with van der Waals surface area (Å²) in [4.78, 5) is 82.2. The molecule has 0 bridgehead atoms. The Hall–Kier alpha value is -3.25. The molecule has 0 saturated carbocycles. The van der Waals surface area contributed by atoms with Gasteiger partial charge in [-0.15, -0.1) is 35.6 Å². The number of thioether (sulfide) groups is 2. The number of hydrogen-bond donors (Lipinski definition) is 7. The molecular formula is C55H70BBr4Cl3F5N12NaO7PS3. The molecule has 8 aromatic heterocycles. The van der Waals surface area contributed by atoms with Crippen LogP contribution in [-0.4, -0.2) is 128 Å². The van der Waals surface area contributed by atoms with Gasteiger partial charge in [-0.1, -0.05) is 60.2 Å². The third kappa shape index (κ3) is 58.1. The Labute approximate surface area is 620 Å². The summed E-state index contributed by atoms with van der Waals surface area (Å²) >= 11 is 29.6. The minimum atomic E-state index is -0.486. The van der Waals surface area contributed by atoms with Gasteiger partial charge in [0.1, 0.15) is 33.1 Å². The third-order valence-corrected chi connectivity index (χ3v) is 11.7. The molecule has 0 spiro atoms. The Morgan fingerprint density at radius 2 is 0.902 bits per heavy atom. The fraction of sp³-hybridized carbons (Fsp3) is 0.309. The molecule has 8 rings (SSSR count). The van der Waals surface area contributed by atoms with E-state index in [1.807, 2.05) is 0 Å². The van der Waals surface area contributed by atoms with Crippen molar-refractivity contribution in [3.63, 3.8) is 0 Å². The molecule has 0 aliphatic carbocycles. The molecular weight excluding hydrogens is 1620 g/mol. The molecule has 3 radical (unpaired) electrons. The number of aromatic amines is 4. The van der Waals surface area contributed by atoms with Crippen LogP contribution in [0.4, 0.5) is 22.0 Å². The molecule has 0 aromatic carbocycles. The number of aldehydes is 1. The Bertz CT molecular complexity index is 3240. The molecule has 0 saturated heterocycles. The number of carbonyl (C=O) groups excluding carboxylic acids is 1. The SMILES string of the molecule is BrP(Br)Br.CCN(CC)CC.CCO.CO.Cc1cc(=O)[nH]c(=S)[nH]1.Cc1cc(=O)[nH]c(SCc2cncc(F)c2)n1.Cc1cc(=O)[nH]c(SCc2cncc(F)c2)n1.Cl.ClCCl.Fc1cncc(CBr)c1.O=Cc1cncc(F)c1.OCc1cncc(F)c1.[B].[H-].[Na+]. The first kappa shape index (κ1) is 99.8. The summed E-state index contributed by atoms with van der Waals surface area (Å²) in [6.07, 6.45) is 13.7. The van der Waals surface area contributed by atoms with Crippen molar-refractivity contribution in [3.8, 4) is 0 Å². The summed E-state index contributed by atoms with van der Waals surface area (Å²) < 4.78 is 62.5. The number of aromatic nitrogens is 11. The number of aliphatic hydroxyl groups is 3. The van der Waals surface area contributed by atoms with E-state index in [4.69, 9.17) is 38.5 Å². The number of halogens is 12. The maximum Gasteiger partial charge on any atom is 1.00 e. The van der Waals surface area contributed by atoms with E-state index in [1.54, 1.807) is 46.3 Å². The maximum atomic E-state index is 12.9.